The summed E-state index contributed by atoms with van der Waals surface area (Å²) in [6.45, 7) is 0. The van der Waals surface area contributed by atoms with Crippen molar-refractivity contribution in [3.63, 3.8) is 0 Å². The van der Waals surface area contributed by atoms with Gasteiger partial charge >= 0.3 is 0 Å². The van der Waals surface area contributed by atoms with E-state index in [1.54, 1.807) is 18.2 Å². The van der Waals surface area contributed by atoms with Gasteiger partial charge in [-0.05, 0) is 63.4 Å². The smallest absolute Gasteiger partial charge is 0.265 e. The van der Waals surface area contributed by atoms with Gasteiger partial charge in [-0.3, -0.25) is 4.79 Å². The molecule has 0 unspecified atom stereocenters. The van der Waals surface area contributed by atoms with Gasteiger partial charge in [-0.25, -0.2) is 13.1 Å². The molecule has 0 aliphatic carbocycles. The number of sulfonamides is 1. The fraction of sp³-hybridized carbons (Fsp3) is 0.125. The lowest BCUT2D eigenvalue weighted by Gasteiger charge is -2.04. The van der Waals surface area contributed by atoms with E-state index < -0.39 is 15.9 Å². The predicted octanol–water partition coefficient (Wildman–Crippen LogP) is 1.59. The standard InChI is InChI=1S/C8H7I2NO3S/c1-15(13,14)11-8(12)6-3-2-5(9)4-7(6)10/h2-4H,1H3,(H,11,12). The first kappa shape index (κ1) is 13.2. The van der Waals surface area contributed by atoms with Crippen molar-refractivity contribution in [2.24, 2.45) is 0 Å². The summed E-state index contributed by atoms with van der Waals surface area (Å²) in [6, 6.07) is 5.16. The molecule has 0 heterocycles. The Labute approximate surface area is 115 Å². The average molecular weight is 451 g/mol. The zero-order valence-electron chi connectivity index (χ0n) is 7.62. The van der Waals surface area contributed by atoms with E-state index in [4.69, 9.17) is 0 Å². The molecule has 7 heteroatoms. The number of carbonyl (C=O) groups excluding carboxylic acids is 1. The minimum Gasteiger partial charge on any atom is -0.268 e. The molecule has 0 saturated heterocycles. The lowest BCUT2D eigenvalue weighted by atomic mass is 10.2. The van der Waals surface area contributed by atoms with Crippen LogP contribution in [0.5, 0.6) is 0 Å². The second kappa shape index (κ2) is 4.95. The van der Waals surface area contributed by atoms with Crippen molar-refractivity contribution in [2.75, 3.05) is 6.26 Å². The summed E-state index contributed by atoms with van der Waals surface area (Å²) in [4.78, 5) is 11.5. The van der Waals surface area contributed by atoms with Gasteiger partial charge in [0.2, 0.25) is 10.0 Å². The Morgan fingerprint density at radius 2 is 1.93 bits per heavy atom. The first-order chi connectivity index (χ1) is 6.79. The van der Waals surface area contributed by atoms with Crippen LogP contribution in [0.1, 0.15) is 10.4 Å². The van der Waals surface area contributed by atoms with E-state index in [1.165, 1.54) is 0 Å². The van der Waals surface area contributed by atoms with Crippen molar-refractivity contribution in [1.82, 2.24) is 4.72 Å². The van der Waals surface area contributed by atoms with Gasteiger partial charge in [0, 0.05) is 7.14 Å². The van der Waals surface area contributed by atoms with Crippen LogP contribution in [0, 0.1) is 7.14 Å². The van der Waals surface area contributed by atoms with Gasteiger partial charge < -0.3 is 0 Å². The van der Waals surface area contributed by atoms with Gasteiger partial charge in [0.25, 0.3) is 5.91 Å². The highest BCUT2D eigenvalue weighted by atomic mass is 127. The number of carbonyl (C=O) groups is 1. The van der Waals surface area contributed by atoms with Crippen LogP contribution in [-0.4, -0.2) is 20.6 Å². The summed E-state index contributed by atoms with van der Waals surface area (Å²) in [5.74, 6) is -0.599. The number of rotatable bonds is 2. The molecule has 1 aromatic rings. The predicted molar refractivity (Wildman–Crippen MR) is 74.2 cm³/mol. The third kappa shape index (κ3) is 4.23. The largest absolute Gasteiger partial charge is 0.268 e. The first-order valence-electron chi connectivity index (χ1n) is 3.77. The molecule has 0 spiro atoms. The molecule has 82 valence electrons. The Bertz CT molecular complexity index is 499. The van der Waals surface area contributed by atoms with Crippen LogP contribution in [0.4, 0.5) is 0 Å². The maximum absolute atomic E-state index is 11.5. The van der Waals surface area contributed by atoms with Crippen molar-refractivity contribution < 1.29 is 13.2 Å². The molecule has 1 N–H and O–H groups in total. The molecule has 0 aliphatic heterocycles. The zero-order chi connectivity index (χ0) is 11.6. The summed E-state index contributed by atoms with van der Waals surface area (Å²) < 4.78 is 25.4. The van der Waals surface area contributed by atoms with Crippen molar-refractivity contribution in [1.29, 1.82) is 0 Å². The molecule has 1 amide bonds. The Morgan fingerprint density at radius 3 is 2.40 bits per heavy atom. The van der Waals surface area contributed by atoms with Crippen LogP contribution in [0.2, 0.25) is 0 Å². The van der Waals surface area contributed by atoms with Crippen molar-refractivity contribution in [3.8, 4) is 0 Å². The minimum absolute atomic E-state index is 0.362. The highest BCUT2D eigenvalue weighted by molar-refractivity contribution is 14.1. The summed E-state index contributed by atoms with van der Waals surface area (Å²) in [6.07, 6.45) is 0.949. The van der Waals surface area contributed by atoms with E-state index in [0.717, 1.165) is 13.4 Å². The van der Waals surface area contributed by atoms with E-state index in [0.29, 0.717) is 5.56 Å². The second-order valence-corrected chi connectivity index (χ2v) is 6.98. The van der Waals surface area contributed by atoms with E-state index in [9.17, 15) is 13.2 Å². The average Bonchev–Trinajstić information content (AvgIpc) is 1.99. The van der Waals surface area contributed by atoms with Gasteiger partial charge in [0.1, 0.15) is 0 Å². The van der Waals surface area contributed by atoms with Gasteiger partial charge in [-0.1, -0.05) is 0 Å². The Hall–Kier alpha value is 0.1000. The maximum atomic E-state index is 11.5. The van der Waals surface area contributed by atoms with Crippen molar-refractivity contribution in [2.45, 2.75) is 0 Å². The van der Waals surface area contributed by atoms with Gasteiger partial charge in [0.05, 0.1) is 11.8 Å². The summed E-state index contributed by atoms with van der Waals surface area (Å²) in [7, 11) is -3.50. The van der Waals surface area contributed by atoms with Crippen LogP contribution in [0.15, 0.2) is 18.2 Å². The van der Waals surface area contributed by atoms with Gasteiger partial charge in [0.15, 0.2) is 0 Å². The highest BCUT2D eigenvalue weighted by Gasteiger charge is 2.13. The maximum Gasteiger partial charge on any atom is 0.265 e. The van der Waals surface area contributed by atoms with E-state index in [2.05, 4.69) is 22.6 Å². The summed E-state index contributed by atoms with van der Waals surface area (Å²) in [5.41, 5.74) is 0.362. The first-order valence-corrected chi connectivity index (χ1v) is 7.81. The normalized spacial score (nSPS) is 11.1. The molecule has 0 bridgehead atoms. The molecule has 0 fully saturated rings. The fourth-order valence-corrected chi connectivity index (χ4v) is 3.19. The fourth-order valence-electron chi connectivity index (χ4n) is 0.897. The minimum atomic E-state index is -3.50. The molecule has 15 heavy (non-hydrogen) atoms. The molecular formula is C8H7I2NO3S. The molecule has 1 aromatic carbocycles. The Balaban J connectivity index is 3.02. The molecule has 4 nitrogen and oxygen atoms in total. The molecule has 0 atom stereocenters. The van der Waals surface area contributed by atoms with Crippen LogP contribution >= 0.6 is 45.2 Å². The monoisotopic (exact) mass is 451 g/mol. The lowest BCUT2D eigenvalue weighted by Crippen LogP contribution is -2.29. The number of hydrogen-bond donors (Lipinski definition) is 1. The van der Waals surface area contributed by atoms with Gasteiger partial charge in [-0.2, -0.15) is 0 Å². The SMILES string of the molecule is CS(=O)(=O)NC(=O)c1ccc(I)cc1I. The highest BCUT2D eigenvalue weighted by Crippen LogP contribution is 2.16. The number of benzene rings is 1. The Kier molecular flexibility index (Phi) is 4.35. The second-order valence-electron chi connectivity index (χ2n) is 2.83. The Morgan fingerprint density at radius 1 is 1.33 bits per heavy atom. The quantitative estimate of drug-likeness (QED) is 0.696. The summed E-state index contributed by atoms with van der Waals surface area (Å²) in [5, 5.41) is 0. The molecule has 0 aromatic heterocycles. The van der Waals surface area contributed by atoms with E-state index in [-0.39, 0.29) is 0 Å². The van der Waals surface area contributed by atoms with Crippen molar-refractivity contribution in [3.05, 3.63) is 30.9 Å². The topological polar surface area (TPSA) is 63.2 Å². The number of amides is 1. The van der Waals surface area contributed by atoms with Crippen LogP contribution in [0.25, 0.3) is 0 Å². The van der Waals surface area contributed by atoms with E-state index >= 15 is 0 Å². The van der Waals surface area contributed by atoms with E-state index in [1.807, 2.05) is 27.3 Å². The molecule has 0 radical (unpaired) electrons. The van der Waals surface area contributed by atoms with Crippen LogP contribution in [0.3, 0.4) is 0 Å². The summed E-state index contributed by atoms with van der Waals surface area (Å²) >= 11 is 4.11. The van der Waals surface area contributed by atoms with Crippen LogP contribution < -0.4 is 4.72 Å². The number of halogens is 2. The number of nitrogens with one attached hydrogen (secondary N) is 1. The molecular weight excluding hydrogens is 444 g/mol. The van der Waals surface area contributed by atoms with Crippen molar-refractivity contribution >= 4 is 61.1 Å². The molecule has 1 rings (SSSR count). The third-order valence-corrected chi connectivity index (χ3v) is 3.57. The molecule has 0 saturated carbocycles. The van der Waals surface area contributed by atoms with Gasteiger partial charge in [-0.15, -0.1) is 0 Å². The molecule has 0 aliphatic rings. The number of hydrogen-bond acceptors (Lipinski definition) is 3. The third-order valence-electron chi connectivity index (χ3n) is 1.45. The zero-order valence-corrected chi connectivity index (χ0v) is 12.8. The lowest BCUT2D eigenvalue weighted by molar-refractivity contribution is 0.0981. The van der Waals surface area contributed by atoms with Crippen LogP contribution in [-0.2, 0) is 10.0 Å².